The highest BCUT2D eigenvalue weighted by Crippen LogP contribution is 2.19. The first-order valence-corrected chi connectivity index (χ1v) is 5.00. The van der Waals surface area contributed by atoms with Crippen molar-refractivity contribution in [1.29, 1.82) is 0 Å². The van der Waals surface area contributed by atoms with Crippen molar-refractivity contribution in [3.63, 3.8) is 0 Å². The highest BCUT2D eigenvalue weighted by Gasteiger charge is 2.11. The molecule has 0 fully saturated rings. The topological polar surface area (TPSA) is 52.3 Å². The maximum absolute atomic E-state index is 11.2. The molecule has 3 heteroatoms. The Bertz CT molecular complexity index is 330. The van der Waals surface area contributed by atoms with Crippen molar-refractivity contribution in [2.24, 2.45) is 11.7 Å². The van der Waals surface area contributed by atoms with Crippen LogP contribution in [0.15, 0.2) is 24.3 Å². The van der Waals surface area contributed by atoms with Crippen LogP contribution in [-0.4, -0.2) is 13.1 Å². The van der Waals surface area contributed by atoms with Crippen molar-refractivity contribution in [2.45, 2.75) is 19.9 Å². The van der Waals surface area contributed by atoms with E-state index in [1.54, 1.807) is 12.1 Å². The average Bonchev–Trinajstić information content (AvgIpc) is 2.27. The van der Waals surface area contributed by atoms with Gasteiger partial charge in [0.1, 0.15) is 0 Å². The van der Waals surface area contributed by atoms with Crippen LogP contribution >= 0.6 is 0 Å². The van der Waals surface area contributed by atoms with Crippen LogP contribution in [0, 0.1) is 5.92 Å². The molecule has 82 valence electrons. The number of hydrogen-bond acceptors (Lipinski definition) is 3. The van der Waals surface area contributed by atoms with Gasteiger partial charge in [0.25, 0.3) is 0 Å². The SMILES string of the molecule is COC(=O)c1ccc(C(N)C(C)C)cc1. The van der Waals surface area contributed by atoms with Gasteiger partial charge in [-0.05, 0) is 23.6 Å². The largest absolute Gasteiger partial charge is 0.465 e. The Labute approximate surface area is 90.2 Å². The molecule has 1 unspecified atom stereocenters. The summed E-state index contributed by atoms with van der Waals surface area (Å²) < 4.78 is 4.61. The molecule has 1 atom stereocenters. The first-order chi connectivity index (χ1) is 7.06. The second kappa shape index (κ2) is 4.94. The van der Waals surface area contributed by atoms with Gasteiger partial charge in [0.2, 0.25) is 0 Å². The fourth-order valence-corrected chi connectivity index (χ4v) is 1.34. The maximum atomic E-state index is 11.2. The monoisotopic (exact) mass is 207 g/mol. The van der Waals surface area contributed by atoms with E-state index in [1.165, 1.54) is 7.11 Å². The molecule has 0 saturated heterocycles. The lowest BCUT2D eigenvalue weighted by Crippen LogP contribution is -2.16. The molecule has 0 heterocycles. The normalized spacial score (nSPS) is 12.6. The number of hydrogen-bond donors (Lipinski definition) is 1. The number of nitrogens with two attached hydrogens (primary N) is 1. The standard InChI is InChI=1S/C12H17NO2/c1-8(2)11(13)9-4-6-10(7-5-9)12(14)15-3/h4-8,11H,13H2,1-3H3. The van der Waals surface area contributed by atoms with Gasteiger partial charge in [-0.25, -0.2) is 4.79 Å². The summed E-state index contributed by atoms with van der Waals surface area (Å²) in [4.78, 5) is 11.2. The molecule has 1 aromatic rings. The summed E-state index contributed by atoms with van der Waals surface area (Å²) >= 11 is 0. The molecule has 0 aliphatic carbocycles. The van der Waals surface area contributed by atoms with Gasteiger partial charge in [-0.15, -0.1) is 0 Å². The van der Waals surface area contributed by atoms with Crippen molar-refractivity contribution < 1.29 is 9.53 Å². The van der Waals surface area contributed by atoms with Gasteiger partial charge in [0.05, 0.1) is 12.7 Å². The summed E-state index contributed by atoms with van der Waals surface area (Å²) in [7, 11) is 1.37. The minimum Gasteiger partial charge on any atom is -0.465 e. The lowest BCUT2D eigenvalue weighted by molar-refractivity contribution is 0.0600. The van der Waals surface area contributed by atoms with Crippen LogP contribution in [0.3, 0.4) is 0 Å². The zero-order valence-corrected chi connectivity index (χ0v) is 9.36. The second-order valence-electron chi connectivity index (χ2n) is 3.88. The number of ether oxygens (including phenoxy) is 1. The minimum absolute atomic E-state index is 0.0108. The Kier molecular flexibility index (Phi) is 3.86. The molecular formula is C12H17NO2. The summed E-state index contributed by atoms with van der Waals surface area (Å²) in [6, 6.07) is 7.23. The zero-order valence-electron chi connectivity index (χ0n) is 9.36. The van der Waals surface area contributed by atoms with Gasteiger partial charge in [0, 0.05) is 6.04 Å². The number of carbonyl (C=O) groups is 1. The van der Waals surface area contributed by atoms with Gasteiger partial charge < -0.3 is 10.5 Å². The molecule has 0 spiro atoms. The fraction of sp³-hybridized carbons (Fsp3) is 0.417. The Hall–Kier alpha value is -1.35. The fourth-order valence-electron chi connectivity index (χ4n) is 1.34. The van der Waals surface area contributed by atoms with Gasteiger partial charge >= 0.3 is 5.97 Å². The summed E-state index contributed by atoms with van der Waals surface area (Å²) in [5.74, 6) is 0.0636. The highest BCUT2D eigenvalue weighted by molar-refractivity contribution is 5.89. The Morgan fingerprint density at radius 3 is 2.20 bits per heavy atom. The van der Waals surface area contributed by atoms with E-state index in [0.717, 1.165) is 5.56 Å². The third-order valence-electron chi connectivity index (χ3n) is 2.43. The van der Waals surface area contributed by atoms with Crippen molar-refractivity contribution in [3.05, 3.63) is 35.4 Å². The van der Waals surface area contributed by atoms with Crippen LogP contribution in [0.25, 0.3) is 0 Å². The molecule has 0 aliphatic rings. The summed E-state index contributed by atoms with van der Waals surface area (Å²) in [5, 5.41) is 0. The lowest BCUT2D eigenvalue weighted by Gasteiger charge is -2.15. The molecule has 0 amide bonds. The van der Waals surface area contributed by atoms with Gasteiger partial charge in [-0.1, -0.05) is 26.0 Å². The van der Waals surface area contributed by atoms with Crippen molar-refractivity contribution in [1.82, 2.24) is 0 Å². The van der Waals surface area contributed by atoms with E-state index in [2.05, 4.69) is 18.6 Å². The molecular weight excluding hydrogens is 190 g/mol. The molecule has 2 N–H and O–H groups in total. The molecule has 3 nitrogen and oxygen atoms in total. The van der Waals surface area contributed by atoms with Crippen molar-refractivity contribution >= 4 is 5.97 Å². The number of rotatable bonds is 3. The predicted octanol–water partition coefficient (Wildman–Crippen LogP) is 2.13. The van der Waals surface area contributed by atoms with Crippen molar-refractivity contribution in [2.75, 3.05) is 7.11 Å². The van der Waals surface area contributed by atoms with E-state index in [-0.39, 0.29) is 12.0 Å². The van der Waals surface area contributed by atoms with Crippen molar-refractivity contribution in [3.8, 4) is 0 Å². The third kappa shape index (κ3) is 2.80. The first kappa shape index (κ1) is 11.7. The molecule has 15 heavy (non-hydrogen) atoms. The minimum atomic E-state index is -0.320. The summed E-state index contributed by atoms with van der Waals surface area (Å²) in [6.45, 7) is 4.14. The number of carbonyl (C=O) groups excluding carboxylic acids is 1. The van der Waals surface area contributed by atoms with Gasteiger partial charge in [-0.3, -0.25) is 0 Å². The molecule has 0 aliphatic heterocycles. The van der Waals surface area contributed by atoms with E-state index in [0.29, 0.717) is 11.5 Å². The molecule has 0 aromatic heterocycles. The van der Waals surface area contributed by atoms with Crippen LogP contribution in [-0.2, 0) is 4.74 Å². The average molecular weight is 207 g/mol. The van der Waals surface area contributed by atoms with Gasteiger partial charge in [0.15, 0.2) is 0 Å². The highest BCUT2D eigenvalue weighted by atomic mass is 16.5. The van der Waals surface area contributed by atoms with E-state index in [1.807, 2.05) is 12.1 Å². The van der Waals surface area contributed by atoms with Crippen LogP contribution < -0.4 is 5.73 Å². The van der Waals surface area contributed by atoms with E-state index in [9.17, 15) is 4.79 Å². The quantitative estimate of drug-likeness (QED) is 0.772. The lowest BCUT2D eigenvalue weighted by atomic mass is 9.96. The second-order valence-corrected chi connectivity index (χ2v) is 3.88. The smallest absolute Gasteiger partial charge is 0.337 e. The van der Waals surface area contributed by atoms with Crippen LogP contribution in [0.1, 0.15) is 35.8 Å². The number of benzene rings is 1. The zero-order chi connectivity index (χ0) is 11.4. The molecule has 0 radical (unpaired) electrons. The predicted molar refractivity (Wildman–Crippen MR) is 59.5 cm³/mol. The number of methoxy groups -OCH3 is 1. The molecule has 1 aromatic carbocycles. The Morgan fingerprint density at radius 2 is 1.80 bits per heavy atom. The summed E-state index contributed by atoms with van der Waals surface area (Å²) in [5.41, 5.74) is 7.57. The van der Waals surface area contributed by atoms with Crippen LogP contribution in [0.4, 0.5) is 0 Å². The maximum Gasteiger partial charge on any atom is 0.337 e. The van der Waals surface area contributed by atoms with E-state index >= 15 is 0 Å². The summed E-state index contributed by atoms with van der Waals surface area (Å²) in [6.07, 6.45) is 0. The van der Waals surface area contributed by atoms with E-state index in [4.69, 9.17) is 5.73 Å². The third-order valence-corrected chi connectivity index (χ3v) is 2.43. The molecule has 0 bridgehead atoms. The van der Waals surface area contributed by atoms with Gasteiger partial charge in [-0.2, -0.15) is 0 Å². The molecule has 1 rings (SSSR count). The number of esters is 1. The first-order valence-electron chi connectivity index (χ1n) is 5.00. The Balaban J connectivity index is 2.85. The molecule has 0 saturated carbocycles. The van der Waals surface area contributed by atoms with E-state index < -0.39 is 0 Å². The van der Waals surface area contributed by atoms with Crippen LogP contribution in [0.2, 0.25) is 0 Å². The Morgan fingerprint density at radius 1 is 1.27 bits per heavy atom. The van der Waals surface area contributed by atoms with Crippen LogP contribution in [0.5, 0.6) is 0 Å².